The minimum Gasteiger partial charge on any atom is -0.376 e. The molecule has 0 radical (unpaired) electrons. The summed E-state index contributed by atoms with van der Waals surface area (Å²) >= 11 is 0. The number of hydrogen-bond donors (Lipinski definition) is 3. The minimum atomic E-state index is -3.36. The third-order valence-corrected chi connectivity index (χ3v) is 4.38. The zero-order valence-corrected chi connectivity index (χ0v) is 11.6. The van der Waals surface area contributed by atoms with E-state index in [0.717, 1.165) is 12.7 Å². The van der Waals surface area contributed by atoms with Crippen LogP contribution in [0.2, 0.25) is 0 Å². The van der Waals surface area contributed by atoms with E-state index in [1.54, 1.807) is 0 Å². The minimum absolute atomic E-state index is 0.130. The Balaban J connectivity index is 1.71. The molecule has 1 aliphatic carbocycles. The predicted molar refractivity (Wildman–Crippen MR) is 67.3 cm³/mol. The Labute approximate surface area is 115 Å². The number of hydrogen-bond acceptors (Lipinski definition) is 6. The van der Waals surface area contributed by atoms with Gasteiger partial charge < -0.3 is 10.1 Å². The molecule has 3 rings (SSSR count). The van der Waals surface area contributed by atoms with Crippen molar-refractivity contribution in [2.24, 2.45) is 5.92 Å². The maximum Gasteiger partial charge on any atom is 0.273 e. The summed E-state index contributed by atoms with van der Waals surface area (Å²) in [5.74, 6) is -0.250. The van der Waals surface area contributed by atoms with Gasteiger partial charge in [-0.3, -0.25) is 4.79 Å². The summed E-state index contributed by atoms with van der Waals surface area (Å²) in [4.78, 5) is 12.0. The Kier molecular flexibility index (Phi) is 3.22. The summed E-state index contributed by atoms with van der Waals surface area (Å²) in [6.07, 6.45) is 3.03. The van der Waals surface area contributed by atoms with E-state index >= 15 is 0 Å². The van der Waals surface area contributed by atoms with Crippen molar-refractivity contribution in [1.82, 2.24) is 25.4 Å². The summed E-state index contributed by atoms with van der Waals surface area (Å²) < 4.78 is 30.8. The van der Waals surface area contributed by atoms with E-state index in [0.29, 0.717) is 6.61 Å². The van der Waals surface area contributed by atoms with Crippen LogP contribution in [0.3, 0.4) is 0 Å². The highest BCUT2D eigenvalue weighted by Gasteiger charge is 2.55. The fraction of sp³-hybridized carbons (Fsp3) is 0.700. The highest BCUT2D eigenvalue weighted by atomic mass is 32.2. The molecule has 110 valence electrons. The number of ether oxygens (including phenoxy) is 1. The topological polar surface area (TPSA) is 126 Å². The predicted octanol–water partition coefficient (Wildman–Crippen LogP) is -1.76. The smallest absolute Gasteiger partial charge is 0.273 e. The number of fused-ring (bicyclic) bond motifs is 1. The molecule has 1 aromatic rings. The second-order valence-corrected chi connectivity index (χ2v) is 6.84. The molecule has 10 heteroatoms. The van der Waals surface area contributed by atoms with Gasteiger partial charge in [-0.1, -0.05) is 0 Å². The van der Waals surface area contributed by atoms with Gasteiger partial charge in [-0.25, -0.2) is 13.1 Å². The standard InChI is InChI=1S/C10H15N5O4S/c1-20(17,18)14-8-7(5-2-3-19-9(5)8)12-10(16)6-4-11-15-13-6/h4-5,7-9,14H,2-3H2,1H3,(H,12,16)(H,11,13,15)/t5-,7+,8-,9-/m1/s1. The molecule has 20 heavy (non-hydrogen) atoms. The first-order valence-electron chi connectivity index (χ1n) is 6.21. The largest absolute Gasteiger partial charge is 0.376 e. The number of aromatic amines is 1. The van der Waals surface area contributed by atoms with E-state index in [-0.39, 0.29) is 29.7 Å². The summed E-state index contributed by atoms with van der Waals surface area (Å²) in [5, 5.41) is 12.4. The lowest BCUT2D eigenvalue weighted by molar-refractivity contribution is -0.0194. The average molecular weight is 301 g/mol. The van der Waals surface area contributed by atoms with Gasteiger partial charge in [0.05, 0.1) is 30.6 Å². The van der Waals surface area contributed by atoms with Crippen LogP contribution >= 0.6 is 0 Å². The van der Waals surface area contributed by atoms with E-state index in [9.17, 15) is 13.2 Å². The lowest BCUT2D eigenvalue weighted by Gasteiger charge is -2.47. The fourth-order valence-electron chi connectivity index (χ4n) is 2.83. The van der Waals surface area contributed by atoms with Gasteiger partial charge in [-0.2, -0.15) is 15.4 Å². The number of aromatic nitrogens is 3. The normalized spacial score (nSPS) is 32.5. The highest BCUT2D eigenvalue weighted by molar-refractivity contribution is 7.88. The van der Waals surface area contributed by atoms with Crippen molar-refractivity contribution in [3.8, 4) is 0 Å². The van der Waals surface area contributed by atoms with Crippen LogP contribution in [0.25, 0.3) is 0 Å². The Bertz CT molecular complexity index is 601. The molecule has 2 fully saturated rings. The molecule has 1 saturated heterocycles. The van der Waals surface area contributed by atoms with Crippen LogP contribution in [0.15, 0.2) is 6.20 Å². The van der Waals surface area contributed by atoms with Crippen LogP contribution in [-0.4, -0.2) is 60.8 Å². The van der Waals surface area contributed by atoms with E-state index in [1.807, 2.05) is 0 Å². The number of rotatable bonds is 4. The first kappa shape index (κ1) is 13.5. The molecular formula is C10H15N5O4S. The van der Waals surface area contributed by atoms with Gasteiger partial charge in [0.25, 0.3) is 5.91 Å². The third kappa shape index (κ3) is 2.41. The second kappa shape index (κ2) is 4.79. The SMILES string of the molecule is CS(=O)(=O)N[C@@H]1[C@@H](NC(=O)c2cn[nH]n2)[C@H]2CCO[C@H]21. The molecule has 1 aromatic heterocycles. The average Bonchev–Trinajstić information content (AvgIpc) is 3.01. The van der Waals surface area contributed by atoms with Crippen LogP contribution in [-0.2, 0) is 14.8 Å². The number of carbonyl (C=O) groups excluding carboxylic acids is 1. The van der Waals surface area contributed by atoms with E-state index in [2.05, 4.69) is 25.4 Å². The van der Waals surface area contributed by atoms with Gasteiger partial charge in [-0.15, -0.1) is 0 Å². The van der Waals surface area contributed by atoms with Gasteiger partial charge >= 0.3 is 0 Å². The Morgan fingerprint density at radius 1 is 1.50 bits per heavy atom. The summed E-state index contributed by atoms with van der Waals surface area (Å²) in [6, 6.07) is -0.727. The first-order chi connectivity index (χ1) is 9.46. The van der Waals surface area contributed by atoms with Crippen LogP contribution in [0.5, 0.6) is 0 Å². The van der Waals surface area contributed by atoms with Gasteiger partial charge in [-0.05, 0) is 6.42 Å². The maximum absolute atomic E-state index is 12.0. The van der Waals surface area contributed by atoms with Crippen molar-refractivity contribution in [2.45, 2.75) is 24.6 Å². The zero-order chi connectivity index (χ0) is 14.3. The molecule has 2 heterocycles. The van der Waals surface area contributed by atoms with Gasteiger partial charge in [0.15, 0.2) is 5.69 Å². The molecule has 2 aliphatic rings. The van der Waals surface area contributed by atoms with Gasteiger partial charge in [0.2, 0.25) is 10.0 Å². The molecule has 1 aliphatic heterocycles. The van der Waals surface area contributed by atoms with Crippen molar-refractivity contribution in [3.63, 3.8) is 0 Å². The maximum atomic E-state index is 12.0. The van der Waals surface area contributed by atoms with E-state index in [4.69, 9.17) is 4.74 Å². The van der Waals surface area contributed by atoms with Gasteiger partial charge in [0.1, 0.15) is 0 Å². The molecule has 0 spiro atoms. The van der Waals surface area contributed by atoms with Crippen molar-refractivity contribution in [2.75, 3.05) is 12.9 Å². The number of nitrogens with zero attached hydrogens (tertiary/aromatic N) is 2. The van der Waals surface area contributed by atoms with Crippen LogP contribution < -0.4 is 10.0 Å². The molecule has 3 N–H and O–H groups in total. The number of carbonyl (C=O) groups is 1. The molecule has 1 saturated carbocycles. The molecule has 0 bridgehead atoms. The molecule has 0 unspecified atom stereocenters. The number of nitrogens with one attached hydrogen (secondary N) is 3. The molecule has 0 aromatic carbocycles. The Morgan fingerprint density at radius 2 is 2.30 bits per heavy atom. The fourth-order valence-corrected chi connectivity index (χ4v) is 3.60. The Morgan fingerprint density at radius 3 is 2.95 bits per heavy atom. The number of sulfonamides is 1. The van der Waals surface area contributed by atoms with Crippen LogP contribution in [0.4, 0.5) is 0 Å². The van der Waals surface area contributed by atoms with Crippen molar-refractivity contribution < 1.29 is 17.9 Å². The van der Waals surface area contributed by atoms with E-state index in [1.165, 1.54) is 6.20 Å². The number of H-pyrrole nitrogens is 1. The van der Waals surface area contributed by atoms with Crippen molar-refractivity contribution in [1.29, 1.82) is 0 Å². The first-order valence-corrected chi connectivity index (χ1v) is 8.10. The second-order valence-electron chi connectivity index (χ2n) is 5.06. The summed E-state index contributed by atoms with van der Waals surface area (Å²) in [7, 11) is -3.36. The highest BCUT2D eigenvalue weighted by Crippen LogP contribution is 2.39. The summed E-state index contributed by atoms with van der Waals surface area (Å²) in [6.45, 7) is 0.577. The quantitative estimate of drug-likeness (QED) is 0.605. The zero-order valence-electron chi connectivity index (χ0n) is 10.7. The molecular weight excluding hydrogens is 286 g/mol. The van der Waals surface area contributed by atoms with Gasteiger partial charge in [0, 0.05) is 12.5 Å². The van der Waals surface area contributed by atoms with Crippen LogP contribution in [0.1, 0.15) is 16.9 Å². The molecule has 1 amide bonds. The molecule has 9 nitrogen and oxygen atoms in total. The lowest BCUT2D eigenvalue weighted by Crippen LogP contribution is -2.70. The Hall–Kier alpha value is -1.52. The number of amides is 1. The monoisotopic (exact) mass is 301 g/mol. The summed E-state index contributed by atoms with van der Waals surface area (Å²) in [5.41, 5.74) is 0.172. The van der Waals surface area contributed by atoms with Crippen LogP contribution in [0, 0.1) is 5.92 Å². The van der Waals surface area contributed by atoms with Crippen molar-refractivity contribution in [3.05, 3.63) is 11.9 Å². The molecule has 4 atom stereocenters. The van der Waals surface area contributed by atoms with Crippen molar-refractivity contribution >= 4 is 15.9 Å². The van der Waals surface area contributed by atoms with E-state index < -0.39 is 16.1 Å². The third-order valence-electron chi connectivity index (χ3n) is 3.68. The lowest BCUT2D eigenvalue weighted by atomic mass is 9.72.